The molecule has 5 nitrogen and oxygen atoms in total. The fraction of sp³-hybridized carbons (Fsp3) is 0.182. The van der Waals surface area contributed by atoms with E-state index in [2.05, 4.69) is 5.32 Å². The third-order valence-electron chi connectivity index (χ3n) is 4.74. The number of nitrogens with two attached hydrogens (primary N) is 1. The molecule has 0 saturated heterocycles. The fourth-order valence-corrected chi connectivity index (χ4v) is 3.57. The van der Waals surface area contributed by atoms with Crippen LogP contribution in [-0.2, 0) is 16.0 Å². The lowest BCUT2D eigenvalue weighted by Crippen LogP contribution is -2.44. The molecule has 1 amide bonds. The van der Waals surface area contributed by atoms with Crippen molar-refractivity contribution in [3.8, 4) is 0 Å². The summed E-state index contributed by atoms with van der Waals surface area (Å²) in [6.45, 7) is 0.445. The molecule has 1 aliphatic heterocycles. The predicted octanol–water partition coefficient (Wildman–Crippen LogP) is 4.17. The van der Waals surface area contributed by atoms with E-state index in [0.29, 0.717) is 24.4 Å². The zero-order valence-electron chi connectivity index (χ0n) is 15.6. The maximum atomic E-state index is 12.8. The van der Waals surface area contributed by atoms with Crippen LogP contribution in [0.4, 0.5) is 5.69 Å². The van der Waals surface area contributed by atoms with E-state index in [1.54, 1.807) is 29.2 Å². The van der Waals surface area contributed by atoms with Crippen molar-refractivity contribution < 1.29 is 9.59 Å². The molecule has 0 fully saturated rings. The monoisotopic (exact) mass is 429 g/mol. The molecule has 0 aromatic heterocycles. The van der Waals surface area contributed by atoms with E-state index in [1.165, 1.54) is 6.20 Å². The summed E-state index contributed by atoms with van der Waals surface area (Å²) in [4.78, 5) is 26.1. The van der Waals surface area contributed by atoms with E-state index in [9.17, 15) is 9.59 Å². The molecule has 0 spiro atoms. The van der Waals surface area contributed by atoms with Gasteiger partial charge in [0, 0.05) is 35.1 Å². The first kappa shape index (κ1) is 21.0. The number of benzene rings is 2. The highest BCUT2D eigenvalue weighted by atomic mass is 35.5. The van der Waals surface area contributed by atoms with Gasteiger partial charge in [-0.2, -0.15) is 0 Å². The highest BCUT2D eigenvalue weighted by molar-refractivity contribution is 6.31. The molecule has 1 unspecified atom stereocenters. The summed E-state index contributed by atoms with van der Waals surface area (Å²) < 4.78 is 0. The molecular formula is C22H21Cl2N3O2. The number of hydrogen-bond donors (Lipinski definition) is 2. The Morgan fingerprint density at radius 1 is 1.24 bits per heavy atom. The third kappa shape index (κ3) is 5.40. The minimum Gasteiger partial charge on any atom is -0.388 e. The van der Waals surface area contributed by atoms with Crippen LogP contribution in [0, 0.1) is 0 Å². The van der Waals surface area contributed by atoms with Crippen LogP contribution >= 0.6 is 23.2 Å². The SMILES string of the molecule is N/C(Cl)=C\Nc1ccc(Cl)cc1C1=CC(=O)N(C(C=O)Cc2ccccc2)CC1. The molecule has 3 N–H and O–H groups in total. The summed E-state index contributed by atoms with van der Waals surface area (Å²) >= 11 is 11.9. The highest BCUT2D eigenvalue weighted by Crippen LogP contribution is 2.32. The lowest BCUT2D eigenvalue weighted by molar-refractivity contribution is -0.132. The number of carbonyl (C=O) groups is 2. The highest BCUT2D eigenvalue weighted by Gasteiger charge is 2.27. The standard InChI is InChI=1S/C22H21Cl2N3O2/c23-17-6-7-20(26-13-21(24)25)19(12-17)16-8-9-27(22(29)11-16)18(14-28)10-15-4-2-1-3-5-15/h1-7,11-14,18,26H,8-10,25H2/b21-13-. The molecule has 0 aliphatic carbocycles. The molecule has 1 atom stereocenters. The van der Waals surface area contributed by atoms with Crippen LogP contribution in [0.3, 0.4) is 0 Å². The van der Waals surface area contributed by atoms with E-state index < -0.39 is 6.04 Å². The van der Waals surface area contributed by atoms with Gasteiger partial charge < -0.3 is 20.7 Å². The van der Waals surface area contributed by atoms with Crippen LogP contribution in [-0.4, -0.2) is 29.7 Å². The summed E-state index contributed by atoms with van der Waals surface area (Å²) in [5.41, 5.74) is 8.86. The van der Waals surface area contributed by atoms with Crippen molar-refractivity contribution in [1.29, 1.82) is 0 Å². The van der Waals surface area contributed by atoms with Gasteiger partial charge in [0.2, 0.25) is 5.91 Å². The third-order valence-corrected chi connectivity index (χ3v) is 5.09. The molecule has 29 heavy (non-hydrogen) atoms. The molecule has 0 saturated carbocycles. The number of amides is 1. The Balaban J connectivity index is 1.83. The number of aldehydes is 1. The molecule has 150 valence electrons. The van der Waals surface area contributed by atoms with Crippen molar-refractivity contribution in [2.24, 2.45) is 5.73 Å². The summed E-state index contributed by atoms with van der Waals surface area (Å²) in [6.07, 6.45) is 4.96. The lowest BCUT2D eigenvalue weighted by atomic mass is 9.95. The Bertz CT molecular complexity index is 954. The normalized spacial score (nSPS) is 15.7. The van der Waals surface area contributed by atoms with Gasteiger partial charge in [0.05, 0.1) is 6.04 Å². The molecular weight excluding hydrogens is 409 g/mol. The molecule has 3 rings (SSSR count). The lowest BCUT2D eigenvalue weighted by Gasteiger charge is -2.31. The number of nitrogens with zero attached hydrogens (tertiary/aromatic N) is 1. The molecule has 1 heterocycles. The van der Waals surface area contributed by atoms with Crippen LogP contribution < -0.4 is 11.1 Å². The van der Waals surface area contributed by atoms with Crippen molar-refractivity contribution in [3.63, 3.8) is 0 Å². The van der Waals surface area contributed by atoms with E-state index in [-0.39, 0.29) is 11.1 Å². The largest absolute Gasteiger partial charge is 0.388 e. The first-order valence-electron chi connectivity index (χ1n) is 9.16. The predicted molar refractivity (Wildman–Crippen MR) is 118 cm³/mol. The van der Waals surface area contributed by atoms with E-state index in [1.807, 2.05) is 30.3 Å². The van der Waals surface area contributed by atoms with Gasteiger partial charge in [-0.3, -0.25) is 4.79 Å². The van der Waals surface area contributed by atoms with E-state index in [4.69, 9.17) is 28.9 Å². The van der Waals surface area contributed by atoms with Crippen molar-refractivity contribution in [2.75, 3.05) is 11.9 Å². The fourth-order valence-electron chi connectivity index (χ4n) is 3.34. The number of carbonyl (C=O) groups excluding carboxylic acids is 2. The van der Waals surface area contributed by atoms with Crippen molar-refractivity contribution >= 4 is 46.7 Å². The quantitative estimate of drug-likeness (QED) is 0.511. The van der Waals surface area contributed by atoms with Gasteiger partial charge >= 0.3 is 0 Å². The number of anilines is 1. The zero-order valence-corrected chi connectivity index (χ0v) is 17.2. The second-order valence-electron chi connectivity index (χ2n) is 6.71. The molecule has 1 aliphatic rings. The molecule has 2 aromatic rings. The second-order valence-corrected chi connectivity index (χ2v) is 7.58. The maximum absolute atomic E-state index is 12.8. The summed E-state index contributed by atoms with van der Waals surface area (Å²) in [6, 6.07) is 14.5. The Morgan fingerprint density at radius 2 is 2.00 bits per heavy atom. The minimum absolute atomic E-state index is 0.112. The van der Waals surface area contributed by atoms with Crippen molar-refractivity contribution in [2.45, 2.75) is 18.9 Å². The number of hydrogen-bond acceptors (Lipinski definition) is 4. The van der Waals surface area contributed by atoms with Crippen LogP contribution in [0.5, 0.6) is 0 Å². The van der Waals surface area contributed by atoms with Crippen molar-refractivity contribution in [3.05, 3.63) is 82.1 Å². The zero-order chi connectivity index (χ0) is 20.8. The van der Waals surface area contributed by atoms with E-state index in [0.717, 1.165) is 28.7 Å². The van der Waals surface area contributed by atoms with Gasteiger partial charge in [0.25, 0.3) is 0 Å². The van der Waals surface area contributed by atoms with Crippen LogP contribution in [0.2, 0.25) is 5.02 Å². The first-order valence-corrected chi connectivity index (χ1v) is 9.91. The Hall–Kier alpha value is -2.76. The molecule has 0 radical (unpaired) electrons. The summed E-state index contributed by atoms with van der Waals surface area (Å²) in [5.74, 6) is -0.197. The van der Waals surface area contributed by atoms with Crippen LogP contribution in [0.25, 0.3) is 5.57 Å². The topological polar surface area (TPSA) is 75.4 Å². The average Bonchev–Trinajstić information content (AvgIpc) is 2.72. The van der Waals surface area contributed by atoms with E-state index >= 15 is 0 Å². The maximum Gasteiger partial charge on any atom is 0.247 e. The molecule has 0 bridgehead atoms. The van der Waals surface area contributed by atoms with Gasteiger partial charge in [-0.25, -0.2) is 0 Å². The number of rotatable bonds is 7. The van der Waals surface area contributed by atoms with Gasteiger partial charge in [-0.1, -0.05) is 53.5 Å². The smallest absolute Gasteiger partial charge is 0.247 e. The average molecular weight is 430 g/mol. The Kier molecular flexibility index (Phi) is 6.96. The number of nitrogens with one attached hydrogen (secondary N) is 1. The van der Waals surface area contributed by atoms with Crippen molar-refractivity contribution in [1.82, 2.24) is 4.90 Å². The molecule has 7 heteroatoms. The second kappa shape index (κ2) is 9.63. The summed E-state index contributed by atoms with van der Waals surface area (Å²) in [5, 5.41) is 3.70. The van der Waals surface area contributed by atoms with Crippen LogP contribution in [0.15, 0.2) is 66.0 Å². The van der Waals surface area contributed by atoms with Gasteiger partial charge in [0.1, 0.15) is 11.4 Å². The van der Waals surface area contributed by atoms with Gasteiger partial charge in [-0.15, -0.1) is 0 Å². The van der Waals surface area contributed by atoms with Gasteiger partial charge in [0.15, 0.2) is 0 Å². The van der Waals surface area contributed by atoms with Gasteiger partial charge in [-0.05, 0) is 42.2 Å². The number of halogens is 2. The first-order chi connectivity index (χ1) is 14.0. The Labute approximate surface area is 179 Å². The summed E-state index contributed by atoms with van der Waals surface area (Å²) in [7, 11) is 0. The Morgan fingerprint density at radius 3 is 2.66 bits per heavy atom. The minimum atomic E-state index is -0.501. The molecule has 2 aromatic carbocycles. The van der Waals surface area contributed by atoms with Crippen LogP contribution in [0.1, 0.15) is 17.5 Å².